The molecular weight excluding hydrogens is 539 g/mol. The summed E-state index contributed by atoms with van der Waals surface area (Å²) in [6.45, 7) is 5.07. The van der Waals surface area contributed by atoms with Crippen molar-refractivity contribution in [3.8, 4) is 0 Å². The fourth-order valence-corrected chi connectivity index (χ4v) is 4.41. The maximum atomic E-state index is 11.9. The first-order valence-electron chi connectivity index (χ1n) is 8.56. The Morgan fingerprint density at radius 3 is 2.10 bits per heavy atom. The summed E-state index contributed by atoms with van der Waals surface area (Å²) in [4.78, 5) is 22.1. The van der Waals surface area contributed by atoms with E-state index in [0.717, 1.165) is 16.1 Å². The quantitative estimate of drug-likeness (QED) is 0.343. The monoisotopic (exact) mass is 566 g/mol. The maximum Gasteiger partial charge on any atom is 0.327 e. The second kappa shape index (κ2) is 11.2. The number of aromatic nitrogens is 2. The molecule has 0 amide bonds. The third kappa shape index (κ3) is 8.58. The highest BCUT2D eigenvalue weighted by Gasteiger charge is 2.44. The molecule has 1 aromatic rings. The van der Waals surface area contributed by atoms with Gasteiger partial charge < -0.3 is 9.84 Å². The lowest BCUT2D eigenvalue weighted by Gasteiger charge is -2.25. The lowest BCUT2D eigenvalue weighted by atomic mass is 10.1. The van der Waals surface area contributed by atoms with Crippen LogP contribution in [-0.2, 0) is 40.5 Å². The molecule has 0 saturated carbocycles. The number of nitrogens with zero attached hydrogens (tertiary/aromatic N) is 2. The first-order valence-corrected chi connectivity index (χ1v) is 13.5. The number of ether oxygens (including phenoxy) is 1. The Kier molecular flexibility index (Phi) is 10.8. The van der Waals surface area contributed by atoms with Crippen molar-refractivity contribution >= 4 is 54.2 Å². The van der Waals surface area contributed by atoms with Crippen molar-refractivity contribution in [1.82, 2.24) is 9.78 Å². The van der Waals surface area contributed by atoms with Crippen LogP contribution in [0.3, 0.4) is 0 Å². The van der Waals surface area contributed by atoms with Gasteiger partial charge in [-0.2, -0.15) is 5.10 Å². The van der Waals surface area contributed by atoms with Crippen LogP contribution >= 0.6 is 22.6 Å². The molecule has 2 atom stereocenters. The number of carbonyl (C=O) groups excluding carboxylic acids is 1. The summed E-state index contributed by atoms with van der Waals surface area (Å²) in [5.41, 5.74) is 0. The van der Waals surface area contributed by atoms with Gasteiger partial charge in [-0.1, -0.05) is 6.92 Å². The molecule has 0 radical (unpaired) electrons. The minimum Gasteiger partial charge on any atom is -0.480 e. The number of carboxylic acids is 1. The minimum atomic E-state index is -3.57. The van der Waals surface area contributed by atoms with Gasteiger partial charge in [0.25, 0.3) is 0 Å². The van der Waals surface area contributed by atoms with Crippen LogP contribution in [0.15, 0.2) is 12.4 Å². The van der Waals surface area contributed by atoms with E-state index in [0.29, 0.717) is 6.54 Å². The molecule has 1 heterocycles. The summed E-state index contributed by atoms with van der Waals surface area (Å²) in [5, 5.41) is 11.2. The Bertz CT molecular complexity index is 911. The minimum absolute atomic E-state index is 0.119. The van der Waals surface area contributed by atoms with Crippen molar-refractivity contribution in [2.45, 2.75) is 50.2 Å². The number of aryl methyl sites for hydroxylation is 1. The maximum absolute atomic E-state index is 11.9. The molecule has 0 aromatic carbocycles. The number of halogens is 1. The Morgan fingerprint density at radius 1 is 1.28 bits per heavy atom. The fraction of sp³-hybridized carbons (Fsp3) is 0.688. The second-order valence-electron chi connectivity index (χ2n) is 6.46. The summed E-state index contributed by atoms with van der Waals surface area (Å²) in [6.07, 6.45) is 5.68. The normalized spacial score (nSPS) is 14.8. The van der Waals surface area contributed by atoms with E-state index in [1.165, 1.54) is 13.8 Å². The van der Waals surface area contributed by atoms with E-state index in [2.05, 4.69) is 27.7 Å². The number of aliphatic carboxylic acids is 1. The van der Waals surface area contributed by atoms with Crippen molar-refractivity contribution in [3.05, 3.63) is 16.0 Å². The van der Waals surface area contributed by atoms with Crippen molar-refractivity contribution in [2.75, 3.05) is 19.1 Å². The van der Waals surface area contributed by atoms with Crippen molar-refractivity contribution in [3.63, 3.8) is 0 Å². The van der Waals surface area contributed by atoms with Gasteiger partial charge in [0.15, 0.2) is 29.7 Å². The number of sulfone groups is 2. The number of esters is 1. The van der Waals surface area contributed by atoms with Crippen LogP contribution in [0.5, 0.6) is 0 Å². The number of hydrogen-bond donors (Lipinski definition) is 1. The number of rotatable bonds is 9. The average Bonchev–Trinajstić information content (AvgIpc) is 2.96. The lowest BCUT2D eigenvalue weighted by Crippen LogP contribution is -2.45. The Labute approximate surface area is 185 Å². The van der Waals surface area contributed by atoms with Crippen LogP contribution in [0.2, 0.25) is 0 Å². The van der Waals surface area contributed by atoms with Crippen LogP contribution in [0.1, 0.15) is 33.6 Å². The zero-order chi connectivity index (χ0) is 23.0. The largest absolute Gasteiger partial charge is 0.480 e. The van der Waals surface area contributed by atoms with E-state index >= 15 is 0 Å². The summed E-state index contributed by atoms with van der Waals surface area (Å²) in [7, 11) is -6.98. The van der Waals surface area contributed by atoms with Gasteiger partial charge in [-0.3, -0.25) is 14.3 Å². The molecular formula is C16H27IN2O8S2. The first kappa shape index (κ1) is 27.8. The van der Waals surface area contributed by atoms with Crippen molar-refractivity contribution in [1.29, 1.82) is 0 Å². The van der Waals surface area contributed by atoms with E-state index in [9.17, 15) is 26.4 Å². The average molecular weight is 566 g/mol. The molecule has 0 spiro atoms. The Hall–Kier alpha value is -1.22. The topological polar surface area (TPSA) is 150 Å². The first-order chi connectivity index (χ1) is 13.1. The van der Waals surface area contributed by atoms with E-state index in [4.69, 9.17) is 9.84 Å². The highest BCUT2D eigenvalue weighted by molar-refractivity contribution is 14.1. The van der Waals surface area contributed by atoms with E-state index in [-0.39, 0.29) is 19.4 Å². The summed E-state index contributed by atoms with van der Waals surface area (Å²) < 4.78 is 50.9. The third-order valence-corrected chi connectivity index (χ3v) is 8.24. The highest BCUT2D eigenvalue weighted by Crippen LogP contribution is 2.23. The predicted molar refractivity (Wildman–Crippen MR) is 116 cm³/mol. The standard InChI is InChI=1S/C11H17IN2O4S.C5H10O4S/c1-4-18-10(15)11(2,19(3,16)17)5-6-14-8-9(12)7-13-14;1-3-4(5(6)7)10(2,8)9/h7-8H,4-6H2,1-3H3;4H,3H2,1-2H3,(H,6,7)/t11-;/m1./s1. The zero-order valence-electron chi connectivity index (χ0n) is 17.0. The Morgan fingerprint density at radius 2 is 1.83 bits per heavy atom. The molecule has 29 heavy (non-hydrogen) atoms. The van der Waals surface area contributed by atoms with Crippen molar-refractivity contribution < 1.29 is 36.3 Å². The van der Waals surface area contributed by atoms with Gasteiger partial charge >= 0.3 is 11.9 Å². The molecule has 0 aliphatic heterocycles. The number of carbonyl (C=O) groups is 2. The van der Waals surface area contributed by atoms with E-state index < -0.39 is 41.6 Å². The van der Waals surface area contributed by atoms with Gasteiger partial charge in [0.1, 0.15) is 0 Å². The van der Waals surface area contributed by atoms with Gasteiger partial charge in [0.05, 0.1) is 16.4 Å². The molecule has 13 heteroatoms. The summed E-state index contributed by atoms with van der Waals surface area (Å²) >= 11 is 2.11. The van der Waals surface area contributed by atoms with Crippen LogP contribution in [0.25, 0.3) is 0 Å². The number of hydrogen-bond acceptors (Lipinski definition) is 8. The molecule has 0 aliphatic rings. The summed E-state index contributed by atoms with van der Waals surface area (Å²) in [5.74, 6) is -1.98. The molecule has 0 fully saturated rings. The summed E-state index contributed by atoms with van der Waals surface area (Å²) in [6, 6.07) is 0. The smallest absolute Gasteiger partial charge is 0.327 e. The molecule has 0 saturated heterocycles. The predicted octanol–water partition coefficient (Wildman–Crippen LogP) is 1.14. The van der Waals surface area contributed by atoms with Crippen LogP contribution < -0.4 is 0 Å². The number of carboxylic acid groups (broad SMARTS) is 1. The second-order valence-corrected chi connectivity index (χ2v) is 12.4. The fourth-order valence-electron chi connectivity index (χ4n) is 2.17. The molecule has 0 bridgehead atoms. The van der Waals surface area contributed by atoms with Gasteiger partial charge in [0, 0.05) is 25.3 Å². The third-order valence-electron chi connectivity index (χ3n) is 4.11. The molecule has 10 nitrogen and oxygen atoms in total. The molecule has 1 unspecified atom stereocenters. The van der Waals surface area contributed by atoms with Crippen molar-refractivity contribution in [2.24, 2.45) is 0 Å². The molecule has 168 valence electrons. The van der Waals surface area contributed by atoms with Gasteiger partial charge in [0.2, 0.25) is 0 Å². The van der Waals surface area contributed by atoms with Crippen LogP contribution in [0, 0.1) is 3.57 Å². The van der Waals surface area contributed by atoms with E-state index in [1.807, 2.05) is 0 Å². The van der Waals surface area contributed by atoms with Gasteiger partial charge in [-0.15, -0.1) is 0 Å². The van der Waals surface area contributed by atoms with Gasteiger partial charge in [-0.05, 0) is 49.3 Å². The van der Waals surface area contributed by atoms with Gasteiger partial charge in [-0.25, -0.2) is 16.8 Å². The highest BCUT2D eigenvalue weighted by atomic mass is 127. The molecule has 0 aliphatic carbocycles. The molecule has 1 aromatic heterocycles. The SMILES string of the molecule is CCC(C(=O)O)S(C)(=O)=O.CCOC(=O)[C@@](C)(CCn1cc(I)cn1)S(C)(=O)=O. The van der Waals surface area contributed by atoms with E-state index in [1.54, 1.807) is 24.0 Å². The Balaban J connectivity index is 0.000000665. The van der Waals surface area contributed by atoms with Crippen LogP contribution in [-0.4, -0.2) is 72.8 Å². The lowest BCUT2D eigenvalue weighted by molar-refractivity contribution is -0.146. The zero-order valence-corrected chi connectivity index (χ0v) is 20.7. The van der Waals surface area contributed by atoms with Crippen LogP contribution in [0.4, 0.5) is 0 Å². The molecule has 1 rings (SSSR count). The molecule has 1 N–H and O–H groups in total.